The van der Waals surface area contributed by atoms with Crippen LogP contribution in [-0.4, -0.2) is 49.8 Å². The average Bonchev–Trinajstić information content (AvgIpc) is 2.54. The first-order chi connectivity index (χ1) is 10.2. The van der Waals surface area contributed by atoms with Crippen molar-refractivity contribution in [3.63, 3.8) is 0 Å². The summed E-state index contributed by atoms with van der Waals surface area (Å²) in [7, 11) is 0. The lowest BCUT2D eigenvalue weighted by molar-refractivity contribution is -0.137. The number of ether oxygens (including phenoxy) is 2. The molecule has 2 amide bonds. The molecule has 1 heterocycles. The Bertz CT molecular complexity index is 472. The van der Waals surface area contributed by atoms with Gasteiger partial charge in [-0.1, -0.05) is 30.3 Å². The van der Waals surface area contributed by atoms with Crippen LogP contribution in [0.4, 0.5) is 4.79 Å². The second-order valence-electron chi connectivity index (χ2n) is 4.65. The smallest absolute Gasteiger partial charge is 0.408 e. The molecule has 1 aromatic carbocycles. The van der Waals surface area contributed by atoms with E-state index in [1.165, 1.54) is 0 Å². The van der Waals surface area contributed by atoms with Gasteiger partial charge in [0.1, 0.15) is 6.04 Å². The molecule has 1 atom stereocenters. The van der Waals surface area contributed by atoms with Crippen LogP contribution in [0.5, 0.6) is 0 Å². The molecule has 2 rings (SSSR count). The summed E-state index contributed by atoms with van der Waals surface area (Å²) in [5.41, 5.74) is 0.738. The van der Waals surface area contributed by atoms with Crippen molar-refractivity contribution in [2.75, 3.05) is 32.9 Å². The summed E-state index contributed by atoms with van der Waals surface area (Å²) in [4.78, 5) is 26.0. The third-order valence-corrected chi connectivity index (χ3v) is 3.24. The van der Waals surface area contributed by atoms with Crippen molar-refractivity contribution < 1.29 is 19.1 Å². The van der Waals surface area contributed by atoms with Crippen molar-refractivity contribution in [1.29, 1.82) is 0 Å². The third kappa shape index (κ3) is 4.19. The maximum atomic E-state index is 12.6. The molecule has 1 aromatic rings. The molecule has 0 saturated carbocycles. The molecule has 1 N–H and O–H groups in total. The Morgan fingerprint density at radius 3 is 2.57 bits per heavy atom. The number of rotatable bonds is 4. The van der Waals surface area contributed by atoms with Gasteiger partial charge in [0.2, 0.25) is 5.91 Å². The Morgan fingerprint density at radius 2 is 1.95 bits per heavy atom. The molecule has 0 aromatic heterocycles. The zero-order chi connectivity index (χ0) is 15.1. The molecule has 1 fully saturated rings. The molecular weight excluding hydrogens is 272 g/mol. The first kappa shape index (κ1) is 15.3. The van der Waals surface area contributed by atoms with E-state index in [0.29, 0.717) is 26.3 Å². The van der Waals surface area contributed by atoms with E-state index in [2.05, 4.69) is 5.32 Å². The van der Waals surface area contributed by atoms with Gasteiger partial charge in [0.25, 0.3) is 0 Å². The van der Waals surface area contributed by atoms with Gasteiger partial charge in [0.05, 0.1) is 19.8 Å². The number of nitrogens with zero attached hydrogens (tertiary/aromatic N) is 1. The van der Waals surface area contributed by atoms with Crippen molar-refractivity contribution >= 4 is 12.0 Å². The number of benzene rings is 1. The number of morpholine rings is 1. The molecule has 1 aliphatic rings. The van der Waals surface area contributed by atoms with Crippen molar-refractivity contribution in [3.8, 4) is 0 Å². The monoisotopic (exact) mass is 292 g/mol. The minimum atomic E-state index is -0.733. The van der Waals surface area contributed by atoms with Crippen LogP contribution >= 0.6 is 0 Å². The van der Waals surface area contributed by atoms with Crippen LogP contribution in [0.3, 0.4) is 0 Å². The predicted octanol–water partition coefficient (Wildman–Crippen LogP) is 1.33. The fourth-order valence-electron chi connectivity index (χ4n) is 2.19. The molecule has 0 aliphatic carbocycles. The molecule has 114 valence electrons. The van der Waals surface area contributed by atoms with Crippen LogP contribution in [-0.2, 0) is 14.3 Å². The zero-order valence-corrected chi connectivity index (χ0v) is 12.1. The normalized spacial score (nSPS) is 16.1. The highest BCUT2D eigenvalue weighted by Crippen LogP contribution is 2.17. The lowest BCUT2D eigenvalue weighted by atomic mass is 10.1. The number of nitrogens with one attached hydrogen (secondary N) is 1. The largest absolute Gasteiger partial charge is 0.450 e. The predicted molar refractivity (Wildman–Crippen MR) is 76.7 cm³/mol. The van der Waals surface area contributed by atoms with E-state index in [1.54, 1.807) is 11.8 Å². The van der Waals surface area contributed by atoms with Crippen LogP contribution in [0.15, 0.2) is 30.3 Å². The summed E-state index contributed by atoms with van der Waals surface area (Å²) in [6.07, 6.45) is -0.590. The van der Waals surface area contributed by atoms with Gasteiger partial charge < -0.3 is 19.7 Å². The quantitative estimate of drug-likeness (QED) is 0.909. The fourth-order valence-corrected chi connectivity index (χ4v) is 2.19. The minimum Gasteiger partial charge on any atom is -0.450 e. The number of carbonyl (C=O) groups excluding carboxylic acids is 2. The van der Waals surface area contributed by atoms with Gasteiger partial charge in [-0.3, -0.25) is 4.79 Å². The summed E-state index contributed by atoms with van der Waals surface area (Å²) in [5, 5.41) is 2.64. The first-order valence-electron chi connectivity index (χ1n) is 7.07. The molecule has 1 saturated heterocycles. The van der Waals surface area contributed by atoms with E-state index >= 15 is 0 Å². The Balaban J connectivity index is 2.14. The minimum absolute atomic E-state index is 0.141. The molecule has 21 heavy (non-hydrogen) atoms. The maximum absolute atomic E-state index is 12.6. The van der Waals surface area contributed by atoms with E-state index in [-0.39, 0.29) is 12.5 Å². The molecule has 0 radical (unpaired) electrons. The molecule has 1 aliphatic heterocycles. The summed E-state index contributed by atoms with van der Waals surface area (Å²) in [5.74, 6) is -0.141. The molecule has 6 nitrogen and oxygen atoms in total. The van der Waals surface area contributed by atoms with Gasteiger partial charge in [0, 0.05) is 13.1 Å². The molecule has 0 unspecified atom stereocenters. The Morgan fingerprint density at radius 1 is 1.29 bits per heavy atom. The van der Waals surface area contributed by atoms with Gasteiger partial charge in [-0.25, -0.2) is 4.79 Å². The third-order valence-electron chi connectivity index (χ3n) is 3.24. The van der Waals surface area contributed by atoms with E-state index in [4.69, 9.17) is 9.47 Å². The number of alkyl carbamates (subject to hydrolysis) is 1. The molecule has 0 spiro atoms. The second-order valence-corrected chi connectivity index (χ2v) is 4.65. The van der Waals surface area contributed by atoms with Crippen LogP contribution in [0.25, 0.3) is 0 Å². The van der Waals surface area contributed by atoms with Gasteiger partial charge in [0.15, 0.2) is 0 Å². The topological polar surface area (TPSA) is 67.9 Å². The Hall–Kier alpha value is -2.08. The lowest BCUT2D eigenvalue weighted by Crippen LogP contribution is -2.47. The van der Waals surface area contributed by atoms with Gasteiger partial charge in [-0.15, -0.1) is 0 Å². The lowest BCUT2D eigenvalue weighted by Gasteiger charge is -2.30. The van der Waals surface area contributed by atoms with Gasteiger partial charge in [-0.05, 0) is 12.5 Å². The SMILES string of the molecule is CCOC(=O)N[C@H](C(=O)N1CCOCC1)c1ccccc1. The number of amides is 2. The van der Waals surface area contributed by atoms with Crippen molar-refractivity contribution in [2.24, 2.45) is 0 Å². The Kier molecular flexibility index (Phi) is 5.57. The van der Waals surface area contributed by atoms with E-state index < -0.39 is 12.1 Å². The van der Waals surface area contributed by atoms with Crippen LogP contribution in [0, 0.1) is 0 Å². The molecule has 6 heteroatoms. The highest BCUT2D eigenvalue weighted by atomic mass is 16.5. The van der Waals surface area contributed by atoms with Gasteiger partial charge >= 0.3 is 6.09 Å². The summed E-state index contributed by atoms with van der Waals surface area (Å²) < 4.78 is 10.1. The number of hydrogen-bond acceptors (Lipinski definition) is 4. The average molecular weight is 292 g/mol. The highest BCUT2D eigenvalue weighted by Gasteiger charge is 2.28. The molecule has 0 bridgehead atoms. The van der Waals surface area contributed by atoms with Crippen molar-refractivity contribution in [2.45, 2.75) is 13.0 Å². The van der Waals surface area contributed by atoms with E-state index in [1.807, 2.05) is 30.3 Å². The van der Waals surface area contributed by atoms with Crippen LogP contribution in [0.2, 0.25) is 0 Å². The zero-order valence-electron chi connectivity index (χ0n) is 12.1. The van der Waals surface area contributed by atoms with Gasteiger partial charge in [-0.2, -0.15) is 0 Å². The first-order valence-corrected chi connectivity index (χ1v) is 7.07. The second kappa shape index (κ2) is 7.64. The summed E-state index contributed by atoms with van der Waals surface area (Å²) >= 11 is 0. The maximum Gasteiger partial charge on any atom is 0.408 e. The van der Waals surface area contributed by atoms with Crippen molar-refractivity contribution in [3.05, 3.63) is 35.9 Å². The number of hydrogen-bond donors (Lipinski definition) is 1. The fraction of sp³-hybridized carbons (Fsp3) is 0.467. The summed E-state index contributed by atoms with van der Waals surface area (Å²) in [6, 6.07) is 8.43. The van der Waals surface area contributed by atoms with E-state index in [9.17, 15) is 9.59 Å². The van der Waals surface area contributed by atoms with Crippen LogP contribution < -0.4 is 5.32 Å². The molecular formula is C15H20N2O4. The standard InChI is InChI=1S/C15H20N2O4/c1-2-21-15(19)16-13(12-6-4-3-5-7-12)14(18)17-8-10-20-11-9-17/h3-7,13H,2,8-11H2,1H3,(H,16,19)/t13-/m0/s1. The van der Waals surface area contributed by atoms with Crippen LogP contribution in [0.1, 0.15) is 18.5 Å². The van der Waals surface area contributed by atoms with E-state index in [0.717, 1.165) is 5.56 Å². The number of carbonyl (C=O) groups is 2. The summed E-state index contributed by atoms with van der Waals surface area (Å²) in [6.45, 7) is 4.10. The highest BCUT2D eigenvalue weighted by molar-refractivity contribution is 5.87. The Labute approximate surface area is 124 Å². The van der Waals surface area contributed by atoms with Crippen molar-refractivity contribution in [1.82, 2.24) is 10.2 Å².